The lowest BCUT2D eigenvalue weighted by atomic mass is 9.87. The molecule has 2 nitrogen and oxygen atoms in total. The summed E-state index contributed by atoms with van der Waals surface area (Å²) in [6.45, 7) is 8.50. The van der Waals surface area contributed by atoms with Gasteiger partial charge in [-0.15, -0.1) is 0 Å². The minimum Gasteiger partial charge on any atom is -0.379 e. The van der Waals surface area contributed by atoms with Crippen LogP contribution in [0.4, 0.5) is 5.69 Å². The Balaban J connectivity index is 2.12. The Morgan fingerprint density at radius 1 is 1.18 bits per heavy atom. The van der Waals surface area contributed by atoms with Gasteiger partial charge in [-0.05, 0) is 29.5 Å². The number of anilines is 1. The summed E-state index contributed by atoms with van der Waals surface area (Å²) in [5.41, 5.74) is 2.90. The first kappa shape index (κ1) is 12.4. The second-order valence-electron chi connectivity index (χ2n) is 5.93. The quantitative estimate of drug-likeness (QED) is 0.777. The Morgan fingerprint density at radius 2 is 1.82 bits per heavy atom. The fourth-order valence-electron chi connectivity index (χ4n) is 2.23. The van der Waals surface area contributed by atoms with E-state index in [4.69, 9.17) is 4.74 Å². The van der Waals surface area contributed by atoms with E-state index < -0.39 is 0 Å². The summed E-state index contributed by atoms with van der Waals surface area (Å²) < 4.78 is 5.44. The van der Waals surface area contributed by atoms with Crippen LogP contribution in [-0.4, -0.2) is 26.3 Å². The van der Waals surface area contributed by atoms with Crippen molar-refractivity contribution in [3.05, 3.63) is 29.8 Å². The third kappa shape index (κ3) is 2.81. The van der Waals surface area contributed by atoms with Crippen molar-refractivity contribution in [2.45, 2.75) is 38.6 Å². The van der Waals surface area contributed by atoms with Gasteiger partial charge in [-0.3, -0.25) is 0 Å². The summed E-state index contributed by atoms with van der Waals surface area (Å²) in [7, 11) is 2.16. The molecular weight excluding hydrogens is 210 g/mol. The molecule has 1 aliphatic heterocycles. The summed E-state index contributed by atoms with van der Waals surface area (Å²) in [6.07, 6.45) is 1.14. The Hall–Kier alpha value is -1.02. The summed E-state index contributed by atoms with van der Waals surface area (Å²) in [4.78, 5) is 2.33. The highest BCUT2D eigenvalue weighted by molar-refractivity contribution is 5.48. The molecule has 1 heterocycles. The average Bonchev–Trinajstić information content (AvgIpc) is 2.80. The number of nitrogens with zero attached hydrogens (tertiary/aromatic N) is 1. The zero-order chi connectivity index (χ0) is 12.5. The minimum atomic E-state index is 0.230. The fourth-order valence-corrected chi connectivity index (χ4v) is 2.23. The van der Waals surface area contributed by atoms with Crippen LogP contribution >= 0.6 is 0 Å². The molecule has 1 aliphatic rings. The molecule has 0 spiro atoms. The predicted octanol–water partition coefficient (Wildman–Crippen LogP) is 3.21. The molecule has 1 unspecified atom stereocenters. The van der Waals surface area contributed by atoms with E-state index in [9.17, 15) is 0 Å². The Labute approximate surface area is 105 Å². The summed E-state index contributed by atoms with van der Waals surface area (Å²) in [5.74, 6) is 0. The van der Waals surface area contributed by atoms with Crippen molar-refractivity contribution < 1.29 is 4.74 Å². The van der Waals surface area contributed by atoms with E-state index in [1.54, 1.807) is 0 Å². The van der Waals surface area contributed by atoms with Crippen LogP contribution in [0.5, 0.6) is 0 Å². The van der Waals surface area contributed by atoms with E-state index >= 15 is 0 Å². The number of likely N-dealkylation sites (N-methyl/N-ethyl adjacent to an activating group) is 1. The molecular formula is C15H23NO. The number of rotatable bonds is 2. The van der Waals surface area contributed by atoms with Crippen molar-refractivity contribution >= 4 is 5.69 Å². The standard InChI is InChI=1S/C15H23NO/c1-15(2,3)12-5-7-13(8-6-12)16(4)14-9-10-17-11-14/h5-8,14H,9-11H2,1-4H3. The van der Waals surface area contributed by atoms with Gasteiger partial charge in [0.15, 0.2) is 0 Å². The first-order chi connectivity index (χ1) is 7.98. The Kier molecular flexibility index (Phi) is 3.43. The molecule has 1 fully saturated rings. The van der Waals surface area contributed by atoms with Crippen molar-refractivity contribution in [2.24, 2.45) is 0 Å². The van der Waals surface area contributed by atoms with Crippen LogP contribution in [0.2, 0.25) is 0 Å². The monoisotopic (exact) mass is 233 g/mol. The van der Waals surface area contributed by atoms with Gasteiger partial charge in [0.05, 0.1) is 12.6 Å². The van der Waals surface area contributed by atoms with Crippen molar-refractivity contribution in [3.8, 4) is 0 Å². The van der Waals surface area contributed by atoms with E-state index in [1.807, 2.05) is 0 Å². The van der Waals surface area contributed by atoms with Gasteiger partial charge in [-0.1, -0.05) is 32.9 Å². The van der Waals surface area contributed by atoms with Gasteiger partial charge < -0.3 is 9.64 Å². The SMILES string of the molecule is CN(c1ccc(C(C)(C)C)cc1)C1CCOC1. The molecule has 94 valence electrons. The van der Waals surface area contributed by atoms with Gasteiger partial charge in [0.25, 0.3) is 0 Å². The largest absolute Gasteiger partial charge is 0.379 e. The highest BCUT2D eigenvalue weighted by Crippen LogP contribution is 2.26. The van der Waals surface area contributed by atoms with Crippen LogP contribution in [0, 0.1) is 0 Å². The summed E-state index contributed by atoms with van der Waals surface area (Å²) >= 11 is 0. The van der Waals surface area contributed by atoms with Gasteiger partial charge >= 0.3 is 0 Å². The third-order valence-electron chi connectivity index (χ3n) is 3.59. The molecule has 0 N–H and O–H groups in total. The molecule has 0 amide bonds. The Bertz CT molecular complexity index is 358. The van der Waals surface area contributed by atoms with Crippen LogP contribution in [0.1, 0.15) is 32.8 Å². The normalized spacial score (nSPS) is 20.6. The number of benzene rings is 1. The van der Waals surface area contributed by atoms with Crippen LogP contribution in [0.25, 0.3) is 0 Å². The van der Waals surface area contributed by atoms with E-state index in [1.165, 1.54) is 11.3 Å². The van der Waals surface area contributed by atoms with Gasteiger partial charge in [0, 0.05) is 19.3 Å². The van der Waals surface area contributed by atoms with E-state index in [0.717, 1.165) is 19.6 Å². The first-order valence-electron chi connectivity index (χ1n) is 6.39. The van der Waals surface area contributed by atoms with Crippen molar-refractivity contribution in [2.75, 3.05) is 25.2 Å². The maximum Gasteiger partial charge on any atom is 0.0670 e. The lowest BCUT2D eigenvalue weighted by Crippen LogP contribution is -2.31. The maximum absolute atomic E-state index is 5.44. The average molecular weight is 233 g/mol. The van der Waals surface area contributed by atoms with E-state index in [-0.39, 0.29) is 5.41 Å². The molecule has 1 atom stereocenters. The van der Waals surface area contributed by atoms with Gasteiger partial charge in [-0.25, -0.2) is 0 Å². The zero-order valence-corrected chi connectivity index (χ0v) is 11.4. The van der Waals surface area contributed by atoms with Crippen molar-refractivity contribution in [3.63, 3.8) is 0 Å². The summed E-state index contributed by atoms with van der Waals surface area (Å²) in [6, 6.07) is 9.46. The molecule has 1 aromatic carbocycles. The minimum absolute atomic E-state index is 0.230. The van der Waals surface area contributed by atoms with Crippen LogP contribution < -0.4 is 4.90 Å². The van der Waals surface area contributed by atoms with Gasteiger partial charge in [-0.2, -0.15) is 0 Å². The number of hydrogen-bond donors (Lipinski definition) is 0. The highest BCUT2D eigenvalue weighted by atomic mass is 16.5. The van der Waals surface area contributed by atoms with Crippen LogP contribution in [0.3, 0.4) is 0 Å². The highest BCUT2D eigenvalue weighted by Gasteiger charge is 2.21. The molecule has 1 saturated heterocycles. The second-order valence-corrected chi connectivity index (χ2v) is 5.93. The Morgan fingerprint density at radius 3 is 2.29 bits per heavy atom. The lowest BCUT2D eigenvalue weighted by molar-refractivity contribution is 0.193. The van der Waals surface area contributed by atoms with E-state index in [2.05, 4.69) is 57.0 Å². The maximum atomic E-state index is 5.44. The van der Waals surface area contributed by atoms with Crippen LogP contribution in [0.15, 0.2) is 24.3 Å². The van der Waals surface area contributed by atoms with E-state index in [0.29, 0.717) is 6.04 Å². The molecule has 17 heavy (non-hydrogen) atoms. The molecule has 0 bridgehead atoms. The smallest absolute Gasteiger partial charge is 0.0670 e. The molecule has 1 aromatic rings. The summed E-state index contributed by atoms with van der Waals surface area (Å²) in [5, 5.41) is 0. The van der Waals surface area contributed by atoms with Crippen molar-refractivity contribution in [1.29, 1.82) is 0 Å². The van der Waals surface area contributed by atoms with Gasteiger partial charge in [0.1, 0.15) is 0 Å². The fraction of sp³-hybridized carbons (Fsp3) is 0.600. The van der Waals surface area contributed by atoms with Gasteiger partial charge in [0.2, 0.25) is 0 Å². The molecule has 0 aliphatic carbocycles. The predicted molar refractivity (Wildman–Crippen MR) is 72.8 cm³/mol. The molecule has 0 saturated carbocycles. The molecule has 0 radical (unpaired) electrons. The van der Waals surface area contributed by atoms with Crippen LogP contribution in [-0.2, 0) is 10.2 Å². The number of ether oxygens (including phenoxy) is 1. The zero-order valence-electron chi connectivity index (χ0n) is 11.4. The molecule has 2 rings (SSSR count). The third-order valence-corrected chi connectivity index (χ3v) is 3.59. The number of hydrogen-bond acceptors (Lipinski definition) is 2. The first-order valence-corrected chi connectivity index (χ1v) is 6.39. The second kappa shape index (κ2) is 4.69. The lowest BCUT2D eigenvalue weighted by Gasteiger charge is -2.26. The molecule has 0 aromatic heterocycles. The van der Waals surface area contributed by atoms with Crippen molar-refractivity contribution in [1.82, 2.24) is 0 Å². The topological polar surface area (TPSA) is 12.5 Å². The molecule has 2 heteroatoms.